The Balaban J connectivity index is 1.93. The van der Waals surface area contributed by atoms with E-state index in [-0.39, 0.29) is 30.8 Å². The summed E-state index contributed by atoms with van der Waals surface area (Å²) in [5.74, 6) is -0.346. The second-order valence-electron chi connectivity index (χ2n) is 4.88. The van der Waals surface area contributed by atoms with E-state index in [0.29, 0.717) is 24.7 Å². The molecule has 6 heteroatoms. The van der Waals surface area contributed by atoms with Crippen LogP contribution in [0.4, 0.5) is 0 Å². The van der Waals surface area contributed by atoms with Gasteiger partial charge in [0.15, 0.2) is 0 Å². The number of nitrogens with zero attached hydrogens (tertiary/aromatic N) is 1. The minimum absolute atomic E-state index is 0.0127. The third-order valence-electron chi connectivity index (χ3n) is 3.41. The summed E-state index contributed by atoms with van der Waals surface area (Å²) in [6, 6.07) is 7.29. The first-order chi connectivity index (χ1) is 10.1. The fourth-order valence-electron chi connectivity index (χ4n) is 2.26. The molecule has 1 heterocycles. The summed E-state index contributed by atoms with van der Waals surface area (Å²) in [5.41, 5.74) is 0.806. The summed E-state index contributed by atoms with van der Waals surface area (Å²) in [4.78, 5) is 25.3. The van der Waals surface area contributed by atoms with Gasteiger partial charge < -0.3 is 14.4 Å². The smallest absolute Gasteiger partial charge is 0.308 e. The van der Waals surface area contributed by atoms with Gasteiger partial charge in [0.25, 0.3) is 0 Å². The zero-order valence-corrected chi connectivity index (χ0v) is 12.6. The minimum atomic E-state index is -0.333. The van der Waals surface area contributed by atoms with E-state index in [1.165, 1.54) is 7.11 Å². The van der Waals surface area contributed by atoms with Crippen molar-refractivity contribution in [2.45, 2.75) is 18.9 Å². The Kier molecular flexibility index (Phi) is 5.59. The number of carbonyl (C=O) groups is 2. The van der Waals surface area contributed by atoms with Crippen LogP contribution in [0.15, 0.2) is 24.3 Å². The molecule has 0 aliphatic carbocycles. The monoisotopic (exact) mass is 311 g/mol. The Morgan fingerprint density at radius 1 is 1.43 bits per heavy atom. The van der Waals surface area contributed by atoms with Crippen LogP contribution in [0.25, 0.3) is 0 Å². The van der Waals surface area contributed by atoms with E-state index in [1.54, 1.807) is 11.0 Å². The van der Waals surface area contributed by atoms with Crippen LogP contribution in [0.1, 0.15) is 12.0 Å². The van der Waals surface area contributed by atoms with Gasteiger partial charge in [0, 0.05) is 18.1 Å². The third kappa shape index (κ3) is 4.44. The van der Waals surface area contributed by atoms with Gasteiger partial charge in [-0.15, -0.1) is 0 Å². The van der Waals surface area contributed by atoms with Crippen molar-refractivity contribution in [1.29, 1.82) is 0 Å². The molecule has 114 valence electrons. The van der Waals surface area contributed by atoms with Gasteiger partial charge in [-0.05, 0) is 11.6 Å². The molecule has 1 saturated heterocycles. The quantitative estimate of drug-likeness (QED) is 0.794. The molecule has 1 fully saturated rings. The number of benzene rings is 1. The molecule has 5 nitrogen and oxygen atoms in total. The Labute approximate surface area is 128 Å². The largest absolute Gasteiger partial charge is 0.469 e. The van der Waals surface area contributed by atoms with Crippen LogP contribution in [0.2, 0.25) is 5.02 Å². The van der Waals surface area contributed by atoms with Crippen LogP contribution in [0, 0.1) is 0 Å². The molecule has 21 heavy (non-hydrogen) atoms. The highest BCUT2D eigenvalue weighted by molar-refractivity contribution is 6.31. The van der Waals surface area contributed by atoms with E-state index in [2.05, 4.69) is 4.74 Å². The molecule has 0 N–H and O–H groups in total. The van der Waals surface area contributed by atoms with E-state index in [4.69, 9.17) is 16.3 Å². The van der Waals surface area contributed by atoms with Crippen LogP contribution in [0.3, 0.4) is 0 Å². The number of hydrogen-bond acceptors (Lipinski definition) is 4. The number of halogens is 1. The number of amides is 1. The minimum Gasteiger partial charge on any atom is -0.469 e. The van der Waals surface area contributed by atoms with Crippen LogP contribution in [-0.4, -0.2) is 49.7 Å². The molecule has 1 aromatic carbocycles. The van der Waals surface area contributed by atoms with Gasteiger partial charge in [-0.2, -0.15) is 0 Å². The highest BCUT2D eigenvalue weighted by atomic mass is 35.5. The number of esters is 1. The molecular weight excluding hydrogens is 294 g/mol. The predicted molar refractivity (Wildman–Crippen MR) is 78.1 cm³/mol. The van der Waals surface area contributed by atoms with E-state index in [0.717, 1.165) is 5.56 Å². The molecule has 2 rings (SSSR count). The summed E-state index contributed by atoms with van der Waals surface area (Å²) in [6.45, 7) is 1.36. The van der Waals surface area contributed by atoms with Crippen molar-refractivity contribution in [1.82, 2.24) is 4.90 Å². The highest BCUT2D eigenvalue weighted by Crippen LogP contribution is 2.17. The molecule has 1 aromatic rings. The summed E-state index contributed by atoms with van der Waals surface area (Å²) in [5, 5.41) is 0.588. The standard InChI is InChI=1S/C15H18ClNO4/c1-20-15(19)9-12-10-17(6-7-21-12)14(18)8-11-4-2-3-5-13(11)16/h2-5,12H,6-10H2,1H3. The average molecular weight is 312 g/mol. The van der Waals surface area contributed by atoms with Crippen LogP contribution in [-0.2, 0) is 25.5 Å². The van der Waals surface area contributed by atoms with Crippen molar-refractivity contribution in [2.75, 3.05) is 26.8 Å². The van der Waals surface area contributed by atoms with Gasteiger partial charge in [-0.3, -0.25) is 9.59 Å². The van der Waals surface area contributed by atoms with Gasteiger partial charge in [0.1, 0.15) is 0 Å². The number of methoxy groups -OCH3 is 1. The van der Waals surface area contributed by atoms with Gasteiger partial charge in [0.05, 0.1) is 32.7 Å². The topological polar surface area (TPSA) is 55.8 Å². The summed E-state index contributed by atoms with van der Waals surface area (Å²) >= 11 is 6.07. The maximum absolute atomic E-state index is 12.3. The normalized spacial score (nSPS) is 18.4. The predicted octanol–water partition coefficient (Wildman–Crippen LogP) is 1.67. The van der Waals surface area contributed by atoms with E-state index in [1.807, 2.05) is 18.2 Å². The number of carbonyl (C=O) groups excluding carboxylic acids is 2. The van der Waals surface area contributed by atoms with Crippen LogP contribution < -0.4 is 0 Å². The SMILES string of the molecule is COC(=O)CC1CN(C(=O)Cc2ccccc2Cl)CCO1. The summed E-state index contributed by atoms with van der Waals surface area (Å²) in [7, 11) is 1.34. The van der Waals surface area contributed by atoms with E-state index in [9.17, 15) is 9.59 Å². The molecular formula is C15H18ClNO4. The molecule has 0 spiro atoms. The number of hydrogen-bond donors (Lipinski definition) is 0. The maximum Gasteiger partial charge on any atom is 0.308 e. The van der Waals surface area contributed by atoms with Crippen molar-refractivity contribution >= 4 is 23.5 Å². The first-order valence-electron chi connectivity index (χ1n) is 6.79. The van der Waals surface area contributed by atoms with Gasteiger partial charge >= 0.3 is 5.97 Å². The van der Waals surface area contributed by atoms with Crippen LogP contribution in [0.5, 0.6) is 0 Å². The zero-order valence-electron chi connectivity index (χ0n) is 11.9. The van der Waals surface area contributed by atoms with Gasteiger partial charge in [0.2, 0.25) is 5.91 Å². The van der Waals surface area contributed by atoms with Crippen LogP contribution >= 0.6 is 11.6 Å². The average Bonchev–Trinajstić information content (AvgIpc) is 2.49. The Morgan fingerprint density at radius 3 is 2.90 bits per heavy atom. The molecule has 1 atom stereocenters. The Bertz CT molecular complexity index is 520. The molecule has 1 aliphatic rings. The number of rotatable bonds is 4. The fraction of sp³-hybridized carbons (Fsp3) is 0.467. The van der Waals surface area contributed by atoms with E-state index >= 15 is 0 Å². The first kappa shape index (κ1) is 15.8. The van der Waals surface area contributed by atoms with Gasteiger partial charge in [-0.25, -0.2) is 0 Å². The van der Waals surface area contributed by atoms with Gasteiger partial charge in [-0.1, -0.05) is 29.8 Å². The van der Waals surface area contributed by atoms with E-state index < -0.39 is 0 Å². The number of ether oxygens (including phenoxy) is 2. The lowest BCUT2D eigenvalue weighted by Gasteiger charge is -2.32. The molecule has 1 amide bonds. The van der Waals surface area contributed by atoms with Crippen molar-refractivity contribution in [3.63, 3.8) is 0 Å². The first-order valence-corrected chi connectivity index (χ1v) is 7.17. The molecule has 1 unspecified atom stereocenters. The second-order valence-corrected chi connectivity index (χ2v) is 5.29. The van der Waals surface area contributed by atoms with Crippen molar-refractivity contribution in [3.8, 4) is 0 Å². The lowest BCUT2D eigenvalue weighted by molar-refractivity contribution is -0.149. The van der Waals surface area contributed by atoms with Crippen molar-refractivity contribution in [3.05, 3.63) is 34.9 Å². The Hall–Kier alpha value is -1.59. The molecule has 0 bridgehead atoms. The molecule has 1 aliphatic heterocycles. The van der Waals surface area contributed by atoms with Crippen molar-refractivity contribution in [2.24, 2.45) is 0 Å². The fourth-order valence-corrected chi connectivity index (χ4v) is 2.46. The Morgan fingerprint density at radius 2 is 2.19 bits per heavy atom. The lowest BCUT2D eigenvalue weighted by atomic mass is 10.1. The lowest BCUT2D eigenvalue weighted by Crippen LogP contribution is -2.46. The van der Waals surface area contributed by atoms with Crippen molar-refractivity contribution < 1.29 is 19.1 Å². The molecule has 0 aromatic heterocycles. The molecule has 0 radical (unpaired) electrons. The highest BCUT2D eigenvalue weighted by Gasteiger charge is 2.26. The molecule has 0 saturated carbocycles. The maximum atomic E-state index is 12.3. The summed E-state index contributed by atoms with van der Waals surface area (Å²) < 4.78 is 10.1. The second kappa shape index (κ2) is 7.43. The summed E-state index contributed by atoms with van der Waals surface area (Å²) in [6.07, 6.45) is 0.109. The zero-order chi connectivity index (χ0) is 15.2. The third-order valence-corrected chi connectivity index (χ3v) is 3.78. The number of morpholine rings is 1.